The van der Waals surface area contributed by atoms with E-state index in [0.29, 0.717) is 0 Å². The van der Waals surface area contributed by atoms with E-state index in [-0.39, 0.29) is 17.3 Å². The van der Waals surface area contributed by atoms with Crippen molar-refractivity contribution in [1.82, 2.24) is 14.5 Å². The molecule has 8 nitrogen and oxygen atoms in total. The summed E-state index contributed by atoms with van der Waals surface area (Å²) in [5.74, 6) is -0.708. The van der Waals surface area contributed by atoms with Crippen LogP contribution in [0.15, 0.2) is 11.1 Å². The van der Waals surface area contributed by atoms with Crippen molar-refractivity contribution in [2.75, 3.05) is 19.4 Å². The lowest BCUT2D eigenvalue weighted by Crippen LogP contribution is -2.41. The van der Waals surface area contributed by atoms with Crippen molar-refractivity contribution >= 4 is 21.8 Å². The van der Waals surface area contributed by atoms with Crippen LogP contribution in [0.3, 0.4) is 0 Å². The SMILES string of the molecule is COC(=O)CN(C(C)C)S(=O)(=O)c1cn[nH]c1N. The molecule has 102 valence electrons. The molecule has 0 aliphatic carbocycles. The lowest BCUT2D eigenvalue weighted by molar-refractivity contribution is -0.141. The summed E-state index contributed by atoms with van der Waals surface area (Å²) in [5.41, 5.74) is 5.49. The summed E-state index contributed by atoms with van der Waals surface area (Å²) in [4.78, 5) is 11.1. The molecule has 0 fully saturated rings. The molecule has 0 unspecified atom stereocenters. The molecule has 18 heavy (non-hydrogen) atoms. The van der Waals surface area contributed by atoms with Gasteiger partial charge in [0.05, 0.1) is 13.3 Å². The van der Waals surface area contributed by atoms with Gasteiger partial charge in [-0.15, -0.1) is 0 Å². The number of nitrogens with two attached hydrogens (primary N) is 1. The van der Waals surface area contributed by atoms with Gasteiger partial charge in [0.25, 0.3) is 0 Å². The number of nitrogen functional groups attached to an aromatic ring is 1. The number of rotatable bonds is 5. The number of sulfonamides is 1. The zero-order valence-electron chi connectivity index (χ0n) is 10.4. The summed E-state index contributed by atoms with van der Waals surface area (Å²) >= 11 is 0. The van der Waals surface area contributed by atoms with Gasteiger partial charge in [-0.3, -0.25) is 9.89 Å². The molecule has 0 aliphatic rings. The van der Waals surface area contributed by atoms with Crippen LogP contribution in [0.25, 0.3) is 0 Å². The second-order valence-corrected chi connectivity index (χ2v) is 5.73. The number of hydrogen-bond donors (Lipinski definition) is 2. The molecule has 0 aromatic carbocycles. The molecule has 0 amide bonds. The highest BCUT2D eigenvalue weighted by atomic mass is 32.2. The first kappa shape index (κ1) is 14.5. The van der Waals surface area contributed by atoms with Crippen LogP contribution in [-0.2, 0) is 19.6 Å². The Balaban J connectivity index is 3.13. The van der Waals surface area contributed by atoms with Gasteiger partial charge in [0.1, 0.15) is 17.3 Å². The molecule has 9 heteroatoms. The van der Waals surface area contributed by atoms with E-state index < -0.39 is 22.0 Å². The lowest BCUT2D eigenvalue weighted by Gasteiger charge is -2.24. The minimum atomic E-state index is -3.88. The number of nitrogens with zero attached hydrogens (tertiary/aromatic N) is 2. The van der Waals surface area contributed by atoms with Gasteiger partial charge in [-0.05, 0) is 13.8 Å². The predicted molar refractivity (Wildman–Crippen MR) is 64.0 cm³/mol. The van der Waals surface area contributed by atoms with Gasteiger partial charge in [0.2, 0.25) is 10.0 Å². The number of H-pyrrole nitrogens is 1. The van der Waals surface area contributed by atoms with E-state index in [1.54, 1.807) is 13.8 Å². The molecule has 1 heterocycles. The average molecular weight is 276 g/mol. The van der Waals surface area contributed by atoms with E-state index in [4.69, 9.17) is 5.73 Å². The third kappa shape index (κ3) is 2.79. The molecule has 1 aromatic heterocycles. The van der Waals surface area contributed by atoms with Crippen LogP contribution >= 0.6 is 0 Å². The molecule has 0 radical (unpaired) electrons. The van der Waals surface area contributed by atoms with Gasteiger partial charge in [-0.2, -0.15) is 9.40 Å². The minimum absolute atomic E-state index is 0.0643. The first-order valence-electron chi connectivity index (χ1n) is 5.18. The van der Waals surface area contributed by atoms with Crippen molar-refractivity contribution in [2.45, 2.75) is 24.8 Å². The Morgan fingerprint density at radius 1 is 1.61 bits per heavy atom. The third-order valence-electron chi connectivity index (χ3n) is 2.31. The second kappa shape index (κ2) is 5.36. The summed E-state index contributed by atoms with van der Waals surface area (Å²) in [5, 5.41) is 5.90. The number of hydrogen-bond acceptors (Lipinski definition) is 6. The van der Waals surface area contributed by atoms with Crippen LogP contribution < -0.4 is 5.73 Å². The van der Waals surface area contributed by atoms with Crippen LogP contribution in [0.4, 0.5) is 5.82 Å². The molecule has 1 aromatic rings. The monoisotopic (exact) mass is 276 g/mol. The average Bonchev–Trinajstić information content (AvgIpc) is 2.71. The van der Waals surface area contributed by atoms with E-state index in [2.05, 4.69) is 14.9 Å². The quantitative estimate of drug-likeness (QED) is 0.704. The maximum absolute atomic E-state index is 12.3. The summed E-state index contributed by atoms with van der Waals surface area (Å²) in [7, 11) is -2.68. The maximum atomic E-state index is 12.3. The zero-order valence-corrected chi connectivity index (χ0v) is 11.2. The molecule has 0 atom stereocenters. The van der Waals surface area contributed by atoms with Gasteiger partial charge in [-0.1, -0.05) is 0 Å². The number of methoxy groups -OCH3 is 1. The van der Waals surface area contributed by atoms with Gasteiger partial charge in [0, 0.05) is 6.04 Å². The summed E-state index contributed by atoms with van der Waals surface area (Å²) in [6.45, 7) is 2.93. The fraction of sp³-hybridized carbons (Fsp3) is 0.556. The molecule has 1 rings (SSSR count). The molecule has 3 N–H and O–H groups in total. The number of carbonyl (C=O) groups excluding carboxylic acids is 1. The van der Waals surface area contributed by atoms with Crippen LogP contribution in [0.2, 0.25) is 0 Å². The van der Waals surface area contributed by atoms with Crippen molar-refractivity contribution in [1.29, 1.82) is 0 Å². The Bertz CT molecular complexity index is 522. The first-order valence-corrected chi connectivity index (χ1v) is 6.62. The second-order valence-electron chi connectivity index (χ2n) is 3.87. The van der Waals surface area contributed by atoms with Crippen molar-refractivity contribution < 1.29 is 17.9 Å². The van der Waals surface area contributed by atoms with Gasteiger partial charge < -0.3 is 10.5 Å². The Labute approximate surface area is 105 Å². The number of carbonyl (C=O) groups is 1. The fourth-order valence-electron chi connectivity index (χ4n) is 1.35. The Morgan fingerprint density at radius 3 is 2.61 bits per heavy atom. The Hall–Kier alpha value is -1.61. The summed E-state index contributed by atoms with van der Waals surface area (Å²) < 4.78 is 30.0. The number of esters is 1. The standard InChI is InChI=1S/C9H16N4O4S/c1-6(2)13(5-8(14)17-3)18(15,16)7-4-11-12-9(7)10/h4,6H,5H2,1-3H3,(H3,10,11,12). The summed E-state index contributed by atoms with van der Waals surface area (Å²) in [6, 6.07) is -0.414. The Morgan fingerprint density at radius 2 is 2.22 bits per heavy atom. The van der Waals surface area contributed by atoms with Crippen LogP contribution in [0, 0.1) is 0 Å². The van der Waals surface area contributed by atoms with Crippen LogP contribution in [0.5, 0.6) is 0 Å². The van der Waals surface area contributed by atoms with E-state index in [1.807, 2.05) is 0 Å². The molecular weight excluding hydrogens is 260 g/mol. The number of anilines is 1. The first-order chi connectivity index (χ1) is 8.30. The largest absolute Gasteiger partial charge is 0.468 e. The topological polar surface area (TPSA) is 118 Å². The molecular formula is C9H16N4O4S. The predicted octanol–water partition coefficient (Wildman–Crippen LogP) is -0.436. The molecule has 0 saturated heterocycles. The number of ether oxygens (including phenoxy) is 1. The number of aromatic nitrogens is 2. The molecule has 0 saturated carbocycles. The van der Waals surface area contributed by atoms with Crippen molar-refractivity contribution in [2.24, 2.45) is 0 Å². The van der Waals surface area contributed by atoms with Crippen LogP contribution in [-0.4, -0.2) is 48.6 Å². The summed E-state index contributed by atoms with van der Waals surface area (Å²) in [6.07, 6.45) is 1.11. The lowest BCUT2D eigenvalue weighted by atomic mass is 10.4. The van der Waals surface area contributed by atoms with Crippen molar-refractivity contribution in [3.05, 3.63) is 6.20 Å². The normalized spacial score (nSPS) is 12.1. The van der Waals surface area contributed by atoms with Gasteiger partial charge in [-0.25, -0.2) is 8.42 Å². The van der Waals surface area contributed by atoms with Crippen molar-refractivity contribution in [3.8, 4) is 0 Å². The Kier molecular flexibility index (Phi) is 4.30. The maximum Gasteiger partial charge on any atom is 0.321 e. The molecule has 0 aliphatic heterocycles. The number of aromatic amines is 1. The molecule has 0 bridgehead atoms. The molecule has 0 spiro atoms. The van der Waals surface area contributed by atoms with Crippen LogP contribution in [0.1, 0.15) is 13.8 Å². The third-order valence-corrected chi connectivity index (χ3v) is 4.36. The highest BCUT2D eigenvalue weighted by Gasteiger charge is 2.31. The van der Waals surface area contributed by atoms with E-state index >= 15 is 0 Å². The highest BCUT2D eigenvalue weighted by Crippen LogP contribution is 2.21. The number of nitrogens with one attached hydrogen (secondary N) is 1. The highest BCUT2D eigenvalue weighted by molar-refractivity contribution is 7.89. The fourth-order valence-corrected chi connectivity index (χ4v) is 2.95. The van der Waals surface area contributed by atoms with E-state index in [1.165, 1.54) is 7.11 Å². The smallest absolute Gasteiger partial charge is 0.321 e. The van der Waals surface area contributed by atoms with Gasteiger partial charge >= 0.3 is 5.97 Å². The van der Waals surface area contributed by atoms with E-state index in [9.17, 15) is 13.2 Å². The van der Waals surface area contributed by atoms with E-state index in [0.717, 1.165) is 10.5 Å². The zero-order chi connectivity index (χ0) is 13.9. The minimum Gasteiger partial charge on any atom is -0.468 e. The van der Waals surface area contributed by atoms with Gasteiger partial charge in [0.15, 0.2) is 0 Å². The van der Waals surface area contributed by atoms with Crippen molar-refractivity contribution in [3.63, 3.8) is 0 Å².